The number of rotatable bonds is 5. The fourth-order valence-corrected chi connectivity index (χ4v) is 1.41. The van der Waals surface area contributed by atoms with E-state index in [0.29, 0.717) is 19.8 Å². The monoisotopic (exact) mass is 184 g/mol. The summed E-state index contributed by atoms with van der Waals surface area (Å²) >= 11 is 0. The van der Waals surface area contributed by atoms with Gasteiger partial charge in [-0.2, -0.15) is 0 Å². The SMILES string of the molecule is O=C1CNCN1CCOCC1CC1. The molecule has 0 radical (unpaired) electrons. The van der Waals surface area contributed by atoms with Crippen molar-refractivity contribution >= 4 is 5.91 Å². The highest BCUT2D eigenvalue weighted by Crippen LogP contribution is 2.28. The number of nitrogens with zero attached hydrogens (tertiary/aromatic N) is 1. The quantitative estimate of drug-likeness (QED) is 0.602. The first-order valence-corrected chi connectivity index (χ1v) is 4.92. The highest BCUT2D eigenvalue weighted by Gasteiger charge is 2.22. The van der Waals surface area contributed by atoms with Gasteiger partial charge in [0.15, 0.2) is 0 Å². The van der Waals surface area contributed by atoms with Gasteiger partial charge in [-0.15, -0.1) is 0 Å². The van der Waals surface area contributed by atoms with E-state index >= 15 is 0 Å². The van der Waals surface area contributed by atoms with E-state index in [1.807, 2.05) is 0 Å². The molecular weight excluding hydrogens is 168 g/mol. The molecule has 2 rings (SSSR count). The van der Waals surface area contributed by atoms with E-state index in [-0.39, 0.29) is 5.91 Å². The van der Waals surface area contributed by atoms with E-state index < -0.39 is 0 Å². The molecule has 1 heterocycles. The van der Waals surface area contributed by atoms with Crippen molar-refractivity contribution in [3.8, 4) is 0 Å². The molecule has 0 bridgehead atoms. The molecule has 0 spiro atoms. The van der Waals surface area contributed by atoms with Crippen molar-refractivity contribution in [2.45, 2.75) is 12.8 Å². The molecule has 0 aromatic carbocycles. The van der Waals surface area contributed by atoms with Crippen molar-refractivity contribution in [1.82, 2.24) is 10.2 Å². The van der Waals surface area contributed by atoms with E-state index in [1.165, 1.54) is 12.8 Å². The summed E-state index contributed by atoms with van der Waals surface area (Å²) in [6.07, 6.45) is 2.65. The molecule has 1 saturated heterocycles. The molecule has 1 saturated carbocycles. The van der Waals surface area contributed by atoms with Gasteiger partial charge in [-0.3, -0.25) is 10.1 Å². The molecule has 74 valence electrons. The third-order valence-corrected chi connectivity index (χ3v) is 2.49. The fraction of sp³-hybridized carbons (Fsp3) is 0.889. The van der Waals surface area contributed by atoms with Crippen LogP contribution in [0.1, 0.15) is 12.8 Å². The Labute approximate surface area is 78.2 Å². The third-order valence-electron chi connectivity index (χ3n) is 2.49. The van der Waals surface area contributed by atoms with Crippen LogP contribution in [0.25, 0.3) is 0 Å². The van der Waals surface area contributed by atoms with E-state index in [2.05, 4.69) is 5.32 Å². The maximum atomic E-state index is 11.1. The Hall–Kier alpha value is -0.610. The van der Waals surface area contributed by atoms with Crippen LogP contribution >= 0.6 is 0 Å². The van der Waals surface area contributed by atoms with Crippen LogP contribution in [0.2, 0.25) is 0 Å². The predicted molar refractivity (Wildman–Crippen MR) is 48.1 cm³/mol. The van der Waals surface area contributed by atoms with Gasteiger partial charge in [0.25, 0.3) is 0 Å². The van der Waals surface area contributed by atoms with Crippen LogP contribution in [0, 0.1) is 5.92 Å². The molecule has 4 heteroatoms. The standard InChI is InChI=1S/C9H16N2O2/c12-9-5-10-7-11(9)3-4-13-6-8-1-2-8/h8,10H,1-7H2. The van der Waals surface area contributed by atoms with E-state index in [1.54, 1.807) is 4.90 Å². The van der Waals surface area contributed by atoms with Crippen LogP contribution in [0.3, 0.4) is 0 Å². The van der Waals surface area contributed by atoms with Gasteiger partial charge in [-0.1, -0.05) is 0 Å². The molecule has 0 unspecified atom stereocenters. The second-order valence-corrected chi connectivity index (χ2v) is 3.76. The molecule has 1 amide bonds. The molecule has 1 aliphatic carbocycles. The van der Waals surface area contributed by atoms with Gasteiger partial charge in [0, 0.05) is 13.2 Å². The van der Waals surface area contributed by atoms with E-state index in [4.69, 9.17) is 4.74 Å². The van der Waals surface area contributed by atoms with Gasteiger partial charge < -0.3 is 9.64 Å². The van der Waals surface area contributed by atoms with Gasteiger partial charge in [-0.25, -0.2) is 0 Å². The highest BCUT2D eigenvalue weighted by molar-refractivity contribution is 5.79. The van der Waals surface area contributed by atoms with Crippen molar-refractivity contribution in [3.63, 3.8) is 0 Å². The molecule has 4 nitrogen and oxygen atoms in total. The zero-order valence-corrected chi connectivity index (χ0v) is 7.79. The minimum absolute atomic E-state index is 0.190. The lowest BCUT2D eigenvalue weighted by atomic mass is 10.5. The molecule has 2 fully saturated rings. The summed E-state index contributed by atoms with van der Waals surface area (Å²) in [4.78, 5) is 12.9. The third kappa shape index (κ3) is 2.67. The number of carbonyl (C=O) groups is 1. The summed E-state index contributed by atoms with van der Waals surface area (Å²) in [6, 6.07) is 0. The van der Waals surface area contributed by atoms with Crippen LogP contribution in [0.5, 0.6) is 0 Å². The Morgan fingerprint density at radius 2 is 2.38 bits per heavy atom. The average molecular weight is 184 g/mol. The zero-order chi connectivity index (χ0) is 9.10. The number of ether oxygens (including phenoxy) is 1. The van der Waals surface area contributed by atoms with Crippen LogP contribution in [-0.4, -0.2) is 43.8 Å². The number of hydrogen-bond acceptors (Lipinski definition) is 3. The number of nitrogens with one attached hydrogen (secondary N) is 1. The molecule has 13 heavy (non-hydrogen) atoms. The van der Waals surface area contributed by atoms with Crippen molar-refractivity contribution in [3.05, 3.63) is 0 Å². The lowest BCUT2D eigenvalue weighted by Crippen LogP contribution is -2.30. The van der Waals surface area contributed by atoms with Crippen molar-refractivity contribution in [1.29, 1.82) is 0 Å². The summed E-state index contributed by atoms with van der Waals surface area (Å²) < 4.78 is 5.45. The summed E-state index contributed by atoms with van der Waals surface area (Å²) in [6.45, 7) is 3.48. The molecule has 0 aromatic rings. The average Bonchev–Trinajstić information content (AvgIpc) is 2.86. The number of carbonyl (C=O) groups excluding carboxylic acids is 1. The fourth-order valence-electron chi connectivity index (χ4n) is 1.41. The van der Waals surface area contributed by atoms with Gasteiger partial charge in [0.1, 0.15) is 0 Å². The lowest BCUT2D eigenvalue weighted by Gasteiger charge is -2.14. The summed E-state index contributed by atoms with van der Waals surface area (Å²) in [5.41, 5.74) is 0. The van der Waals surface area contributed by atoms with Gasteiger partial charge in [0.05, 0.1) is 19.8 Å². The normalized spacial score (nSPS) is 22.8. The summed E-state index contributed by atoms with van der Waals surface area (Å²) in [5, 5.41) is 3.00. The largest absolute Gasteiger partial charge is 0.379 e. The topological polar surface area (TPSA) is 41.6 Å². The Bertz CT molecular complexity index is 192. The molecule has 2 aliphatic rings. The maximum Gasteiger partial charge on any atom is 0.237 e. The number of hydrogen-bond donors (Lipinski definition) is 1. The Kier molecular flexibility index (Phi) is 2.80. The highest BCUT2D eigenvalue weighted by atomic mass is 16.5. The molecule has 0 aromatic heterocycles. The zero-order valence-electron chi connectivity index (χ0n) is 7.79. The molecule has 0 atom stereocenters. The maximum absolute atomic E-state index is 11.1. The van der Waals surface area contributed by atoms with Gasteiger partial charge in [-0.05, 0) is 18.8 Å². The van der Waals surface area contributed by atoms with Crippen molar-refractivity contribution in [2.75, 3.05) is 33.0 Å². The van der Waals surface area contributed by atoms with E-state index in [0.717, 1.165) is 19.1 Å². The van der Waals surface area contributed by atoms with Crippen molar-refractivity contribution in [2.24, 2.45) is 5.92 Å². The van der Waals surface area contributed by atoms with Gasteiger partial charge in [0.2, 0.25) is 5.91 Å². The van der Waals surface area contributed by atoms with Gasteiger partial charge >= 0.3 is 0 Å². The van der Waals surface area contributed by atoms with Crippen molar-refractivity contribution < 1.29 is 9.53 Å². The second-order valence-electron chi connectivity index (χ2n) is 3.76. The second kappa shape index (κ2) is 4.07. The first-order valence-electron chi connectivity index (χ1n) is 4.92. The predicted octanol–water partition coefficient (Wildman–Crippen LogP) is -0.198. The minimum atomic E-state index is 0.190. The first kappa shape index (κ1) is 8.97. The van der Waals surface area contributed by atoms with Crippen LogP contribution in [0.15, 0.2) is 0 Å². The smallest absolute Gasteiger partial charge is 0.237 e. The Balaban J connectivity index is 1.53. The minimum Gasteiger partial charge on any atom is -0.379 e. The molecular formula is C9H16N2O2. The Morgan fingerprint density at radius 3 is 3.00 bits per heavy atom. The molecule has 1 N–H and O–H groups in total. The summed E-state index contributed by atoms with van der Waals surface area (Å²) in [5.74, 6) is 1.00. The molecule has 1 aliphatic heterocycles. The van der Waals surface area contributed by atoms with Crippen LogP contribution < -0.4 is 5.32 Å². The number of amides is 1. The van der Waals surface area contributed by atoms with Crippen LogP contribution in [0.4, 0.5) is 0 Å². The lowest BCUT2D eigenvalue weighted by molar-refractivity contribution is -0.127. The summed E-state index contributed by atoms with van der Waals surface area (Å²) in [7, 11) is 0. The Morgan fingerprint density at radius 1 is 1.54 bits per heavy atom. The van der Waals surface area contributed by atoms with Crippen LogP contribution in [-0.2, 0) is 9.53 Å². The first-order chi connectivity index (χ1) is 6.36. The van der Waals surface area contributed by atoms with E-state index in [9.17, 15) is 4.79 Å².